The van der Waals surface area contributed by atoms with Crippen molar-refractivity contribution >= 4 is 0 Å². The van der Waals surface area contributed by atoms with Crippen LogP contribution in [0.1, 0.15) is 35.2 Å². The Morgan fingerprint density at radius 2 is 1.86 bits per heavy atom. The maximum Gasteiger partial charge on any atom is 0.127 e. The summed E-state index contributed by atoms with van der Waals surface area (Å²) in [5.41, 5.74) is 4.54. The van der Waals surface area contributed by atoms with Gasteiger partial charge in [-0.25, -0.2) is 4.39 Å². The minimum absolute atomic E-state index is 0.111. The van der Waals surface area contributed by atoms with E-state index in [2.05, 4.69) is 31.3 Å². The molecule has 0 aliphatic carbocycles. The second-order valence-electron chi connectivity index (χ2n) is 5.40. The summed E-state index contributed by atoms with van der Waals surface area (Å²) in [5.74, 6) is 0.312. The predicted octanol–water partition coefficient (Wildman–Crippen LogP) is 4.30. The standard InChI is InChI=1S/C18H22FNO/c1-12-5-6-15(9-13(12)2)11-21-18-10-16(19)7-8-17(18)14(3)20-4/h5-10,14,20H,11H2,1-4H3. The normalized spacial score (nSPS) is 12.2. The average Bonchev–Trinajstić information content (AvgIpc) is 2.48. The quantitative estimate of drug-likeness (QED) is 0.885. The number of benzene rings is 2. The number of rotatable bonds is 5. The van der Waals surface area contributed by atoms with Crippen LogP contribution in [0.3, 0.4) is 0 Å². The van der Waals surface area contributed by atoms with E-state index in [9.17, 15) is 4.39 Å². The van der Waals surface area contributed by atoms with Crippen LogP contribution in [-0.4, -0.2) is 7.05 Å². The maximum absolute atomic E-state index is 13.5. The van der Waals surface area contributed by atoms with Crippen molar-refractivity contribution in [3.63, 3.8) is 0 Å². The molecule has 1 N–H and O–H groups in total. The van der Waals surface area contributed by atoms with Gasteiger partial charge in [0.1, 0.15) is 18.2 Å². The molecule has 2 aromatic rings. The second-order valence-corrected chi connectivity index (χ2v) is 5.40. The predicted molar refractivity (Wildman–Crippen MR) is 84.1 cm³/mol. The van der Waals surface area contributed by atoms with Gasteiger partial charge >= 0.3 is 0 Å². The van der Waals surface area contributed by atoms with Gasteiger partial charge in [0.2, 0.25) is 0 Å². The van der Waals surface area contributed by atoms with Crippen molar-refractivity contribution in [3.05, 3.63) is 64.5 Å². The molecule has 0 radical (unpaired) electrons. The van der Waals surface area contributed by atoms with Crippen LogP contribution < -0.4 is 10.1 Å². The summed E-state index contributed by atoms with van der Waals surface area (Å²) in [5, 5.41) is 3.15. The number of hydrogen-bond acceptors (Lipinski definition) is 2. The van der Waals surface area contributed by atoms with Gasteiger partial charge in [-0.2, -0.15) is 0 Å². The molecule has 0 saturated heterocycles. The van der Waals surface area contributed by atoms with Crippen molar-refractivity contribution in [3.8, 4) is 5.75 Å². The fourth-order valence-corrected chi connectivity index (χ4v) is 2.20. The molecule has 0 saturated carbocycles. The number of halogens is 1. The van der Waals surface area contributed by atoms with E-state index in [1.807, 2.05) is 20.0 Å². The van der Waals surface area contributed by atoms with Crippen molar-refractivity contribution in [2.45, 2.75) is 33.4 Å². The lowest BCUT2D eigenvalue weighted by Crippen LogP contribution is -2.14. The van der Waals surface area contributed by atoms with Crippen molar-refractivity contribution in [2.24, 2.45) is 0 Å². The van der Waals surface area contributed by atoms with E-state index in [1.165, 1.54) is 23.3 Å². The average molecular weight is 287 g/mol. The van der Waals surface area contributed by atoms with Crippen LogP contribution >= 0.6 is 0 Å². The van der Waals surface area contributed by atoms with Gasteiger partial charge in [-0.05, 0) is 50.6 Å². The summed E-state index contributed by atoms with van der Waals surface area (Å²) in [6, 6.07) is 11.0. The van der Waals surface area contributed by atoms with Crippen LogP contribution in [0.25, 0.3) is 0 Å². The molecule has 0 spiro atoms. The van der Waals surface area contributed by atoms with Crippen molar-refractivity contribution in [1.29, 1.82) is 0 Å². The van der Waals surface area contributed by atoms with Gasteiger partial charge in [0, 0.05) is 17.7 Å². The molecule has 112 valence electrons. The molecule has 3 heteroatoms. The lowest BCUT2D eigenvalue weighted by molar-refractivity contribution is 0.298. The Balaban J connectivity index is 2.18. The van der Waals surface area contributed by atoms with Gasteiger partial charge in [-0.15, -0.1) is 0 Å². The Morgan fingerprint density at radius 1 is 1.10 bits per heavy atom. The van der Waals surface area contributed by atoms with Gasteiger partial charge in [0.15, 0.2) is 0 Å². The molecular weight excluding hydrogens is 265 g/mol. The molecule has 2 nitrogen and oxygen atoms in total. The molecule has 2 rings (SSSR count). The summed E-state index contributed by atoms with van der Waals surface area (Å²) in [6.07, 6.45) is 0. The summed E-state index contributed by atoms with van der Waals surface area (Å²) >= 11 is 0. The summed E-state index contributed by atoms with van der Waals surface area (Å²) in [4.78, 5) is 0. The number of nitrogens with one attached hydrogen (secondary N) is 1. The minimum atomic E-state index is -0.280. The van der Waals surface area contributed by atoms with Gasteiger partial charge in [-0.1, -0.05) is 24.3 Å². The van der Waals surface area contributed by atoms with Crippen molar-refractivity contribution in [1.82, 2.24) is 5.32 Å². The van der Waals surface area contributed by atoms with Gasteiger partial charge in [0.05, 0.1) is 0 Å². The molecule has 0 aliphatic rings. The zero-order valence-corrected chi connectivity index (χ0v) is 13.0. The third-order valence-corrected chi connectivity index (χ3v) is 3.84. The molecule has 0 heterocycles. The molecule has 1 unspecified atom stereocenters. The molecule has 2 aromatic carbocycles. The summed E-state index contributed by atoms with van der Waals surface area (Å²) in [7, 11) is 1.88. The first-order valence-electron chi connectivity index (χ1n) is 7.17. The molecule has 1 atom stereocenters. The number of aryl methyl sites for hydroxylation is 2. The van der Waals surface area contributed by atoms with E-state index in [-0.39, 0.29) is 11.9 Å². The highest BCUT2D eigenvalue weighted by molar-refractivity contribution is 5.37. The molecular formula is C18H22FNO. The zero-order valence-electron chi connectivity index (χ0n) is 13.0. The Hall–Kier alpha value is -1.87. The van der Waals surface area contributed by atoms with Gasteiger partial charge in [-0.3, -0.25) is 0 Å². The lowest BCUT2D eigenvalue weighted by Gasteiger charge is -2.17. The smallest absolute Gasteiger partial charge is 0.127 e. The fourth-order valence-electron chi connectivity index (χ4n) is 2.20. The molecule has 0 bridgehead atoms. The van der Waals surface area contributed by atoms with Crippen LogP contribution in [-0.2, 0) is 6.61 Å². The van der Waals surface area contributed by atoms with Crippen molar-refractivity contribution < 1.29 is 9.13 Å². The van der Waals surface area contributed by atoms with Crippen LogP contribution in [0.15, 0.2) is 36.4 Å². The first kappa shape index (κ1) is 15.5. The van der Waals surface area contributed by atoms with Gasteiger partial charge < -0.3 is 10.1 Å². The highest BCUT2D eigenvalue weighted by atomic mass is 19.1. The van der Waals surface area contributed by atoms with Crippen LogP contribution in [0.4, 0.5) is 4.39 Å². The number of hydrogen-bond donors (Lipinski definition) is 1. The summed E-state index contributed by atoms with van der Waals surface area (Å²) in [6.45, 7) is 6.62. The molecule has 0 aromatic heterocycles. The first-order valence-corrected chi connectivity index (χ1v) is 7.17. The van der Waals surface area contributed by atoms with E-state index >= 15 is 0 Å². The second kappa shape index (κ2) is 6.72. The van der Waals surface area contributed by atoms with E-state index < -0.39 is 0 Å². The summed E-state index contributed by atoms with van der Waals surface area (Å²) < 4.78 is 19.3. The first-order chi connectivity index (χ1) is 10.0. The topological polar surface area (TPSA) is 21.3 Å². The van der Waals surface area contributed by atoms with Crippen LogP contribution in [0, 0.1) is 19.7 Å². The van der Waals surface area contributed by atoms with E-state index in [4.69, 9.17) is 4.74 Å². The third kappa shape index (κ3) is 3.82. The minimum Gasteiger partial charge on any atom is -0.488 e. The van der Waals surface area contributed by atoms with Crippen LogP contribution in [0.5, 0.6) is 5.75 Å². The van der Waals surface area contributed by atoms with Crippen LogP contribution in [0.2, 0.25) is 0 Å². The van der Waals surface area contributed by atoms with E-state index in [0.29, 0.717) is 12.4 Å². The van der Waals surface area contributed by atoms with E-state index in [0.717, 1.165) is 11.1 Å². The third-order valence-electron chi connectivity index (χ3n) is 3.84. The Morgan fingerprint density at radius 3 is 2.52 bits per heavy atom. The highest BCUT2D eigenvalue weighted by Crippen LogP contribution is 2.27. The lowest BCUT2D eigenvalue weighted by atomic mass is 10.1. The molecule has 21 heavy (non-hydrogen) atoms. The monoisotopic (exact) mass is 287 g/mol. The Kier molecular flexibility index (Phi) is 4.97. The Bertz CT molecular complexity index is 625. The molecule has 0 aliphatic heterocycles. The SMILES string of the molecule is CNC(C)c1ccc(F)cc1OCc1ccc(C)c(C)c1. The molecule has 0 amide bonds. The fraction of sp³-hybridized carbons (Fsp3) is 0.333. The van der Waals surface area contributed by atoms with Gasteiger partial charge in [0.25, 0.3) is 0 Å². The molecule has 0 fully saturated rings. The largest absolute Gasteiger partial charge is 0.488 e. The number of ether oxygens (including phenoxy) is 1. The van der Waals surface area contributed by atoms with E-state index in [1.54, 1.807) is 6.07 Å². The van der Waals surface area contributed by atoms with Crippen molar-refractivity contribution in [2.75, 3.05) is 7.05 Å². The highest BCUT2D eigenvalue weighted by Gasteiger charge is 2.11. The Labute approximate surface area is 126 Å². The maximum atomic E-state index is 13.5. The zero-order chi connectivity index (χ0) is 15.4.